The molecule has 1 aliphatic heterocycles. The predicted octanol–water partition coefficient (Wildman–Crippen LogP) is 0.883. The van der Waals surface area contributed by atoms with Crippen LogP contribution in [-0.4, -0.2) is 40.9 Å². The summed E-state index contributed by atoms with van der Waals surface area (Å²) < 4.78 is 13.0. The lowest BCUT2D eigenvalue weighted by Gasteiger charge is -2.40. The zero-order valence-electron chi connectivity index (χ0n) is 11.1. The largest absolute Gasteiger partial charge is 0.381 e. The summed E-state index contributed by atoms with van der Waals surface area (Å²) in [4.78, 5) is 0. The summed E-state index contributed by atoms with van der Waals surface area (Å²) in [5.41, 5.74) is 7.00. The van der Waals surface area contributed by atoms with Crippen LogP contribution in [0, 0.1) is 0 Å². The summed E-state index contributed by atoms with van der Waals surface area (Å²) in [5.74, 6) is 0. The molecule has 2 heterocycles. The second-order valence-electron chi connectivity index (χ2n) is 4.74. The highest BCUT2D eigenvalue weighted by Crippen LogP contribution is 2.35. The van der Waals surface area contributed by atoms with Gasteiger partial charge in [0.1, 0.15) is 0 Å². The number of hydrogen-bond acceptors (Lipinski definition) is 5. The summed E-state index contributed by atoms with van der Waals surface area (Å²) in [5, 5.41) is 8.06. The first-order chi connectivity index (χ1) is 8.73. The van der Waals surface area contributed by atoms with Gasteiger partial charge in [-0.2, -0.15) is 0 Å². The maximum absolute atomic E-state index is 6.41. The molecule has 0 spiro atoms. The van der Waals surface area contributed by atoms with Gasteiger partial charge in [0.15, 0.2) is 0 Å². The Morgan fingerprint density at radius 3 is 2.89 bits per heavy atom. The molecular weight excluding hydrogens is 232 g/mol. The van der Waals surface area contributed by atoms with Gasteiger partial charge in [-0.15, -0.1) is 5.10 Å². The maximum Gasteiger partial charge on any atom is 0.0930 e. The van der Waals surface area contributed by atoms with Crippen molar-refractivity contribution in [2.75, 3.05) is 20.3 Å². The van der Waals surface area contributed by atoms with Crippen molar-refractivity contribution < 1.29 is 9.47 Å². The van der Waals surface area contributed by atoms with E-state index < -0.39 is 0 Å². The Morgan fingerprint density at radius 2 is 2.28 bits per heavy atom. The quantitative estimate of drug-likeness (QED) is 0.844. The lowest BCUT2D eigenvalue weighted by molar-refractivity contribution is -0.106. The van der Waals surface area contributed by atoms with Gasteiger partial charge in [-0.25, -0.2) is 4.68 Å². The molecular formula is C12H22N4O2. The molecule has 1 aromatic rings. The monoisotopic (exact) mass is 254 g/mol. The molecule has 0 saturated carbocycles. The highest BCUT2D eigenvalue weighted by Gasteiger charge is 2.41. The molecule has 1 fully saturated rings. The summed E-state index contributed by atoms with van der Waals surface area (Å²) in [6.45, 7) is 4.32. The number of nitrogens with two attached hydrogens (primary N) is 1. The number of rotatable bonds is 5. The third kappa shape index (κ3) is 2.41. The molecule has 6 nitrogen and oxygen atoms in total. The van der Waals surface area contributed by atoms with Crippen LogP contribution in [0.15, 0.2) is 6.20 Å². The Kier molecular flexibility index (Phi) is 4.31. The smallest absolute Gasteiger partial charge is 0.0930 e. The van der Waals surface area contributed by atoms with Gasteiger partial charge in [-0.05, 0) is 6.42 Å². The van der Waals surface area contributed by atoms with E-state index in [1.54, 1.807) is 13.3 Å². The fraction of sp³-hybridized carbons (Fsp3) is 0.833. The number of ether oxygens (including phenoxy) is 2. The Bertz CT molecular complexity index is 374. The van der Waals surface area contributed by atoms with Gasteiger partial charge >= 0.3 is 0 Å². The topological polar surface area (TPSA) is 75.2 Å². The molecule has 0 bridgehead atoms. The summed E-state index contributed by atoms with van der Waals surface area (Å²) in [7, 11) is 1.72. The molecule has 1 aliphatic rings. The van der Waals surface area contributed by atoms with Crippen LogP contribution in [0.3, 0.4) is 0 Å². The lowest BCUT2D eigenvalue weighted by atomic mass is 9.85. The van der Waals surface area contributed by atoms with E-state index in [1.807, 2.05) is 4.68 Å². The molecule has 6 heteroatoms. The van der Waals surface area contributed by atoms with E-state index in [1.165, 1.54) is 0 Å². The van der Waals surface area contributed by atoms with Gasteiger partial charge in [-0.3, -0.25) is 0 Å². The number of aromatic nitrogens is 3. The molecule has 0 aromatic carbocycles. The summed E-state index contributed by atoms with van der Waals surface area (Å²) in [6, 6.07) is -0.215. The highest BCUT2D eigenvalue weighted by atomic mass is 16.5. The van der Waals surface area contributed by atoms with Crippen LogP contribution >= 0.6 is 0 Å². The van der Waals surface area contributed by atoms with E-state index in [9.17, 15) is 0 Å². The SMILES string of the molecule is CCCn1nncc1C(N)C1(OC)CCOCC1. The van der Waals surface area contributed by atoms with Crippen LogP contribution in [0.1, 0.15) is 37.9 Å². The van der Waals surface area contributed by atoms with Gasteiger partial charge in [0, 0.05) is 39.7 Å². The Labute approximate surface area is 107 Å². The third-order valence-corrected chi connectivity index (χ3v) is 3.71. The van der Waals surface area contributed by atoms with Crippen molar-refractivity contribution in [1.29, 1.82) is 0 Å². The molecule has 1 aromatic heterocycles. The third-order valence-electron chi connectivity index (χ3n) is 3.71. The Hall–Kier alpha value is -0.980. The van der Waals surface area contributed by atoms with Crippen molar-refractivity contribution in [2.45, 2.75) is 44.4 Å². The second kappa shape index (κ2) is 5.77. The fourth-order valence-corrected chi connectivity index (χ4v) is 2.52. The molecule has 18 heavy (non-hydrogen) atoms. The van der Waals surface area contributed by atoms with Crippen molar-refractivity contribution in [3.63, 3.8) is 0 Å². The van der Waals surface area contributed by atoms with Gasteiger partial charge in [0.05, 0.1) is 23.5 Å². The van der Waals surface area contributed by atoms with Gasteiger partial charge in [0.25, 0.3) is 0 Å². The minimum atomic E-state index is -0.356. The molecule has 0 amide bonds. The first kappa shape index (κ1) is 13.5. The predicted molar refractivity (Wildman–Crippen MR) is 67.0 cm³/mol. The van der Waals surface area contributed by atoms with Crippen LogP contribution in [-0.2, 0) is 16.0 Å². The normalized spacial score (nSPS) is 20.8. The standard InChI is InChI=1S/C12H22N4O2/c1-3-6-16-10(9-14-15-16)11(13)12(17-2)4-7-18-8-5-12/h9,11H,3-8,13H2,1-2H3. The summed E-state index contributed by atoms with van der Waals surface area (Å²) in [6.07, 6.45) is 4.37. The van der Waals surface area contributed by atoms with Gasteiger partial charge < -0.3 is 15.2 Å². The van der Waals surface area contributed by atoms with E-state index in [4.69, 9.17) is 15.2 Å². The van der Waals surface area contributed by atoms with E-state index >= 15 is 0 Å². The zero-order valence-corrected chi connectivity index (χ0v) is 11.1. The summed E-state index contributed by atoms with van der Waals surface area (Å²) >= 11 is 0. The van der Waals surface area contributed by atoms with E-state index in [0.29, 0.717) is 13.2 Å². The molecule has 2 N–H and O–H groups in total. The van der Waals surface area contributed by atoms with Crippen molar-refractivity contribution in [2.24, 2.45) is 5.73 Å². The van der Waals surface area contributed by atoms with Crippen molar-refractivity contribution in [1.82, 2.24) is 15.0 Å². The van der Waals surface area contributed by atoms with Crippen molar-refractivity contribution in [3.8, 4) is 0 Å². The minimum absolute atomic E-state index is 0.215. The Morgan fingerprint density at radius 1 is 1.56 bits per heavy atom. The Balaban J connectivity index is 2.22. The van der Waals surface area contributed by atoms with Crippen LogP contribution in [0.2, 0.25) is 0 Å². The molecule has 1 saturated heterocycles. The highest BCUT2D eigenvalue weighted by molar-refractivity contribution is 5.10. The average Bonchev–Trinajstić information content (AvgIpc) is 2.87. The van der Waals surface area contributed by atoms with Crippen LogP contribution in [0.4, 0.5) is 0 Å². The van der Waals surface area contributed by atoms with Crippen LogP contribution in [0.5, 0.6) is 0 Å². The van der Waals surface area contributed by atoms with Gasteiger partial charge in [0.2, 0.25) is 0 Å². The first-order valence-corrected chi connectivity index (χ1v) is 6.50. The van der Waals surface area contributed by atoms with Crippen LogP contribution < -0.4 is 5.73 Å². The second-order valence-corrected chi connectivity index (χ2v) is 4.74. The molecule has 102 valence electrons. The minimum Gasteiger partial charge on any atom is -0.381 e. The van der Waals surface area contributed by atoms with Crippen LogP contribution in [0.25, 0.3) is 0 Å². The number of aryl methyl sites for hydroxylation is 1. The number of methoxy groups -OCH3 is 1. The maximum atomic E-state index is 6.41. The van der Waals surface area contributed by atoms with Crippen molar-refractivity contribution >= 4 is 0 Å². The number of nitrogens with zero attached hydrogens (tertiary/aromatic N) is 3. The number of hydrogen-bond donors (Lipinski definition) is 1. The zero-order chi connectivity index (χ0) is 13.0. The fourth-order valence-electron chi connectivity index (χ4n) is 2.52. The molecule has 1 unspecified atom stereocenters. The first-order valence-electron chi connectivity index (χ1n) is 6.50. The van der Waals surface area contributed by atoms with E-state index in [2.05, 4.69) is 17.2 Å². The molecule has 0 radical (unpaired) electrons. The van der Waals surface area contributed by atoms with Gasteiger partial charge in [-0.1, -0.05) is 12.1 Å². The molecule has 1 atom stereocenters. The lowest BCUT2D eigenvalue weighted by Crippen LogP contribution is -2.48. The van der Waals surface area contributed by atoms with E-state index in [-0.39, 0.29) is 11.6 Å². The molecule has 0 aliphatic carbocycles. The van der Waals surface area contributed by atoms with Crippen molar-refractivity contribution in [3.05, 3.63) is 11.9 Å². The van der Waals surface area contributed by atoms with E-state index in [0.717, 1.165) is 31.5 Å². The molecule has 2 rings (SSSR count). The average molecular weight is 254 g/mol.